The Hall–Kier alpha value is -2.44. The van der Waals surface area contributed by atoms with Crippen LogP contribution in [0.5, 0.6) is 0 Å². The van der Waals surface area contributed by atoms with E-state index in [1.165, 1.54) is 101 Å². The molecule has 0 saturated carbocycles. The van der Waals surface area contributed by atoms with Gasteiger partial charge in [0.2, 0.25) is 0 Å². The van der Waals surface area contributed by atoms with E-state index in [4.69, 9.17) is 0 Å². The summed E-state index contributed by atoms with van der Waals surface area (Å²) in [4.78, 5) is 0. The summed E-state index contributed by atoms with van der Waals surface area (Å²) in [6.07, 6.45) is 10.4. The summed E-state index contributed by atoms with van der Waals surface area (Å²) in [6.45, 7) is 27.3. The van der Waals surface area contributed by atoms with E-state index >= 15 is 0 Å². The molecule has 270 valence electrons. The van der Waals surface area contributed by atoms with Crippen LogP contribution in [0.2, 0.25) is 0 Å². The average Bonchev–Trinajstić information content (AvgIpc) is 3.65. The molecule has 1 aliphatic rings. The molecule has 0 heterocycles. The summed E-state index contributed by atoms with van der Waals surface area (Å²) < 4.78 is 1.42. The molecule has 51 heavy (non-hydrogen) atoms. The third kappa shape index (κ3) is 11.8. The number of allylic oxidation sites excluding steroid dienone is 4. The molecule has 0 fully saturated rings. The van der Waals surface area contributed by atoms with Gasteiger partial charge in [0.25, 0.3) is 0 Å². The fourth-order valence-corrected chi connectivity index (χ4v) is 7.60. The molecule has 0 aromatic heterocycles. The fraction of sp³-hybridized carbons (Fsp3) is 0.375. The SMILES string of the molecule is CCCC1[C-]=CC(C(C)(C)C)=C1.Cc1cc2[cH-]c3cc(C)c(C(C)(C)C)cc3c2cc1C(C)(C)C.[Cl-].[Cl-].[Zr+2]=[C](c1ccccc1)c1ccccc1. The Labute approximate surface area is 337 Å². The summed E-state index contributed by atoms with van der Waals surface area (Å²) in [6, 6.07) is 33.0. The Bertz CT molecular complexity index is 1820. The van der Waals surface area contributed by atoms with E-state index in [1.54, 1.807) is 0 Å². The molecule has 0 bridgehead atoms. The molecule has 0 spiro atoms. The predicted octanol–water partition coefficient (Wildman–Crippen LogP) is 7.48. The maximum absolute atomic E-state index is 3.40. The molecule has 5 aromatic rings. The summed E-state index contributed by atoms with van der Waals surface area (Å²) in [5, 5.41) is 5.55. The van der Waals surface area contributed by atoms with Crippen LogP contribution >= 0.6 is 0 Å². The topological polar surface area (TPSA) is 0 Å². The molecule has 0 amide bonds. The first kappa shape index (κ1) is 44.7. The quantitative estimate of drug-likeness (QED) is 0.166. The van der Waals surface area contributed by atoms with E-state index in [-0.39, 0.29) is 35.6 Å². The average molecular weight is 797 g/mol. The van der Waals surface area contributed by atoms with Gasteiger partial charge < -0.3 is 24.8 Å². The molecule has 5 aromatic carbocycles. The molecule has 3 heteroatoms. The fourth-order valence-electron chi connectivity index (χ4n) is 6.78. The van der Waals surface area contributed by atoms with Gasteiger partial charge in [0.05, 0.1) is 0 Å². The van der Waals surface area contributed by atoms with Crippen LogP contribution in [0.15, 0.2) is 109 Å². The first-order chi connectivity index (χ1) is 22.9. The number of aryl methyl sites for hydroxylation is 2. The molecule has 6 rings (SSSR count). The summed E-state index contributed by atoms with van der Waals surface area (Å²) in [5.74, 6) is 0.587. The van der Waals surface area contributed by atoms with Crippen molar-refractivity contribution in [2.24, 2.45) is 11.3 Å². The monoisotopic (exact) mass is 794 g/mol. The van der Waals surface area contributed by atoms with Crippen LogP contribution < -0.4 is 24.8 Å². The second kappa shape index (κ2) is 18.5. The van der Waals surface area contributed by atoms with Crippen molar-refractivity contribution in [3.05, 3.63) is 148 Å². The molecule has 0 N–H and O–H groups in total. The summed E-state index contributed by atoms with van der Waals surface area (Å²) in [7, 11) is 0. The molecule has 0 aliphatic heterocycles. The molecule has 1 unspecified atom stereocenters. The van der Waals surface area contributed by atoms with Gasteiger partial charge in [-0.05, 0) is 24.7 Å². The number of halogens is 2. The van der Waals surface area contributed by atoms with Crippen LogP contribution in [0, 0.1) is 31.3 Å². The van der Waals surface area contributed by atoms with E-state index in [0.29, 0.717) is 11.3 Å². The van der Waals surface area contributed by atoms with Crippen molar-refractivity contribution in [2.45, 2.75) is 107 Å². The Morgan fingerprint density at radius 3 is 1.39 bits per heavy atom. The number of fused-ring (bicyclic) bond motifs is 3. The first-order valence-corrected chi connectivity index (χ1v) is 19.3. The molecule has 0 nitrogen and oxygen atoms in total. The summed E-state index contributed by atoms with van der Waals surface area (Å²) in [5.41, 5.74) is 10.5. The third-order valence-corrected chi connectivity index (χ3v) is 10.9. The van der Waals surface area contributed by atoms with E-state index < -0.39 is 0 Å². The van der Waals surface area contributed by atoms with Crippen LogP contribution in [0.25, 0.3) is 21.5 Å². The van der Waals surface area contributed by atoms with Crippen LogP contribution in [-0.2, 0) is 35.1 Å². The molecular weight excluding hydrogens is 739 g/mol. The molecule has 0 saturated heterocycles. The van der Waals surface area contributed by atoms with Crippen molar-refractivity contribution in [1.29, 1.82) is 0 Å². The third-order valence-electron chi connectivity index (χ3n) is 9.43. The zero-order valence-electron chi connectivity index (χ0n) is 33.1. The van der Waals surface area contributed by atoms with Crippen molar-refractivity contribution in [3.8, 4) is 0 Å². The second-order valence-electron chi connectivity index (χ2n) is 16.8. The normalized spacial score (nSPS) is 14.1. The van der Waals surface area contributed by atoms with Crippen molar-refractivity contribution in [3.63, 3.8) is 0 Å². The van der Waals surface area contributed by atoms with Gasteiger partial charge in [-0.2, -0.15) is 11.6 Å². The van der Waals surface area contributed by atoms with Crippen molar-refractivity contribution < 1.29 is 49.0 Å². The summed E-state index contributed by atoms with van der Waals surface area (Å²) >= 11 is 1.46. The van der Waals surface area contributed by atoms with Gasteiger partial charge in [0.1, 0.15) is 0 Å². The predicted molar refractivity (Wildman–Crippen MR) is 214 cm³/mol. The Morgan fingerprint density at radius 1 is 0.647 bits per heavy atom. The zero-order chi connectivity index (χ0) is 36.1. The van der Waals surface area contributed by atoms with Gasteiger partial charge >= 0.3 is 99.2 Å². The Balaban J connectivity index is 0.000000278. The first-order valence-electron chi connectivity index (χ1n) is 18.1. The van der Waals surface area contributed by atoms with Gasteiger partial charge in [-0.15, -0.1) is 39.7 Å². The molecule has 1 aliphatic carbocycles. The van der Waals surface area contributed by atoms with Crippen molar-refractivity contribution >= 4 is 24.8 Å². The minimum atomic E-state index is 0. The van der Waals surface area contributed by atoms with Gasteiger partial charge in [0.15, 0.2) is 0 Å². The van der Waals surface area contributed by atoms with E-state index in [0.717, 1.165) is 0 Å². The van der Waals surface area contributed by atoms with Crippen LogP contribution in [-0.4, -0.2) is 3.21 Å². The maximum atomic E-state index is 3.40. The molecular formula is C48H58Cl2Zr-2. The van der Waals surface area contributed by atoms with E-state index in [1.807, 2.05) is 0 Å². The minimum absolute atomic E-state index is 0. The number of benzene rings is 4. The second-order valence-corrected chi connectivity index (χ2v) is 18.1. The van der Waals surface area contributed by atoms with Crippen molar-refractivity contribution in [1.82, 2.24) is 0 Å². The van der Waals surface area contributed by atoms with Gasteiger partial charge in [0, 0.05) is 0 Å². The molecule has 1 atom stereocenters. The Morgan fingerprint density at radius 2 is 1.06 bits per heavy atom. The number of hydrogen-bond acceptors (Lipinski definition) is 0. The van der Waals surface area contributed by atoms with Gasteiger partial charge in [-0.1, -0.05) is 128 Å². The Kier molecular flexibility index (Phi) is 16.3. The van der Waals surface area contributed by atoms with Crippen molar-refractivity contribution in [2.75, 3.05) is 0 Å². The van der Waals surface area contributed by atoms with E-state index in [2.05, 4.69) is 192 Å². The number of rotatable bonds is 4. The van der Waals surface area contributed by atoms with Gasteiger partial charge in [-0.3, -0.25) is 6.08 Å². The van der Waals surface area contributed by atoms with Crippen LogP contribution in [0.3, 0.4) is 0 Å². The van der Waals surface area contributed by atoms with Crippen LogP contribution in [0.4, 0.5) is 0 Å². The van der Waals surface area contributed by atoms with E-state index in [9.17, 15) is 0 Å². The number of hydrogen-bond donors (Lipinski definition) is 0. The van der Waals surface area contributed by atoms with Crippen LogP contribution in [0.1, 0.15) is 115 Å². The van der Waals surface area contributed by atoms with Gasteiger partial charge in [-0.25, -0.2) is 6.08 Å². The zero-order valence-corrected chi connectivity index (χ0v) is 37.0. The standard InChI is InChI=1S/C23H29.C13H10.C12H19.2ClH.Zr/c1-14-9-16-11-17-10-15(2)21(23(6,7)8)13-19(17)18(16)12-20(14)22(3,4)5;1-3-7-12(8-4-1)11-13-9-5-2-6-10-13;1-5-6-10-7-8-11(9-10)12(2,3)4;;;/h9-13H,1-8H3;1-10H;8-10H,5-6H2,1-4H3;2*1H;/q-1;;-1;;;+2/p-2. The molecule has 0 radical (unpaired) electrons.